The van der Waals surface area contributed by atoms with Crippen molar-refractivity contribution in [2.75, 3.05) is 0 Å². The van der Waals surface area contributed by atoms with Gasteiger partial charge in [0.2, 0.25) is 0 Å². The Labute approximate surface area is 158 Å². The zero-order valence-corrected chi connectivity index (χ0v) is 15.8. The third kappa shape index (κ3) is 3.87. The first-order valence-electron chi connectivity index (χ1n) is 9.47. The molecule has 2 unspecified atom stereocenters. The van der Waals surface area contributed by atoms with Crippen LogP contribution in [0.3, 0.4) is 0 Å². The molecule has 0 fully saturated rings. The lowest BCUT2D eigenvalue weighted by molar-refractivity contribution is 0.0256. The van der Waals surface area contributed by atoms with Crippen molar-refractivity contribution in [3.8, 4) is 11.5 Å². The van der Waals surface area contributed by atoms with E-state index in [0.29, 0.717) is 25.0 Å². The molecule has 2 heterocycles. The van der Waals surface area contributed by atoms with E-state index >= 15 is 0 Å². The fourth-order valence-corrected chi connectivity index (χ4v) is 3.80. The Bertz CT molecular complexity index is 855. The summed E-state index contributed by atoms with van der Waals surface area (Å²) in [7, 11) is 0. The number of phenolic OH excluding ortho intramolecular Hbond substituents is 1. The molecule has 27 heavy (non-hydrogen) atoms. The van der Waals surface area contributed by atoms with Crippen LogP contribution in [0.15, 0.2) is 51.9 Å². The standard InChI is InChI=1S/C22H26O5/c1-3-10-22(11-5-12-26-22)20-18(24)14-19(27-21(20)25)16(4-2)13-15-6-8-17(23)9-7-15/h5-9,12,14,16,23-24H,3-4,10-11,13H2,1-2H3. The highest BCUT2D eigenvalue weighted by Gasteiger charge is 2.40. The predicted molar refractivity (Wildman–Crippen MR) is 103 cm³/mol. The van der Waals surface area contributed by atoms with Crippen molar-refractivity contribution in [1.82, 2.24) is 0 Å². The van der Waals surface area contributed by atoms with E-state index in [1.165, 1.54) is 0 Å². The summed E-state index contributed by atoms with van der Waals surface area (Å²) in [4.78, 5) is 12.8. The van der Waals surface area contributed by atoms with Crippen LogP contribution in [0, 0.1) is 0 Å². The van der Waals surface area contributed by atoms with E-state index < -0.39 is 11.2 Å². The van der Waals surface area contributed by atoms with Crippen molar-refractivity contribution < 1.29 is 19.4 Å². The van der Waals surface area contributed by atoms with Crippen molar-refractivity contribution in [3.05, 3.63) is 70.0 Å². The fraction of sp³-hybridized carbons (Fsp3) is 0.409. The summed E-state index contributed by atoms with van der Waals surface area (Å²) in [6.45, 7) is 4.03. The summed E-state index contributed by atoms with van der Waals surface area (Å²) >= 11 is 0. The topological polar surface area (TPSA) is 79.9 Å². The monoisotopic (exact) mass is 370 g/mol. The highest BCUT2D eigenvalue weighted by Crippen LogP contribution is 2.42. The van der Waals surface area contributed by atoms with Crippen molar-refractivity contribution in [1.29, 1.82) is 0 Å². The molecule has 0 spiro atoms. The van der Waals surface area contributed by atoms with Crippen molar-refractivity contribution in [2.24, 2.45) is 0 Å². The average Bonchev–Trinajstić information content (AvgIpc) is 3.10. The zero-order chi connectivity index (χ0) is 19.4. The highest BCUT2D eigenvalue weighted by molar-refractivity contribution is 5.38. The van der Waals surface area contributed by atoms with E-state index in [9.17, 15) is 15.0 Å². The van der Waals surface area contributed by atoms with Gasteiger partial charge in [-0.2, -0.15) is 0 Å². The van der Waals surface area contributed by atoms with E-state index in [2.05, 4.69) is 0 Å². The molecule has 1 aromatic carbocycles. The molecule has 1 aromatic heterocycles. The molecular weight excluding hydrogens is 344 g/mol. The van der Waals surface area contributed by atoms with Crippen molar-refractivity contribution in [3.63, 3.8) is 0 Å². The smallest absolute Gasteiger partial charge is 0.347 e. The number of phenols is 1. The Morgan fingerprint density at radius 3 is 2.48 bits per heavy atom. The maximum atomic E-state index is 12.8. The molecule has 0 saturated heterocycles. The van der Waals surface area contributed by atoms with Gasteiger partial charge in [0.05, 0.1) is 6.26 Å². The molecule has 0 amide bonds. The molecule has 2 atom stereocenters. The van der Waals surface area contributed by atoms with Gasteiger partial charge in [-0.3, -0.25) is 0 Å². The largest absolute Gasteiger partial charge is 0.508 e. The molecule has 0 saturated carbocycles. The van der Waals surface area contributed by atoms with Crippen LogP contribution < -0.4 is 5.63 Å². The number of rotatable bonds is 7. The van der Waals surface area contributed by atoms with Gasteiger partial charge in [0.25, 0.3) is 0 Å². The molecule has 1 aliphatic heterocycles. The van der Waals surface area contributed by atoms with Crippen LogP contribution in [0.4, 0.5) is 0 Å². The second kappa shape index (κ2) is 7.91. The number of ether oxygens (including phenoxy) is 1. The lowest BCUT2D eigenvalue weighted by Gasteiger charge is -2.28. The summed E-state index contributed by atoms with van der Waals surface area (Å²) in [5, 5.41) is 20.1. The first-order chi connectivity index (χ1) is 13.0. The number of hydrogen-bond donors (Lipinski definition) is 2. The molecule has 5 heteroatoms. The Morgan fingerprint density at radius 2 is 1.93 bits per heavy atom. The van der Waals surface area contributed by atoms with Gasteiger partial charge < -0.3 is 19.4 Å². The van der Waals surface area contributed by atoms with Crippen LogP contribution in [-0.2, 0) is 16.8 Å². The summed E-state index contributed by atoms with van der Waals surface area (Å²) in [5.74, 6) is 0.565. The van der Waals surface area contributed by atoms with Gasteiger partial charge in [0.15, 0.2) is 0 Å². The van der Waals surface area contributed by atoms with Crippen LogP contribution in [0.1, 0.15) is 62.3 Å². The molecule has 1 aliphatic rings. The predicted octanol–water partition coefficient (Wildman–Crippen LogP) is 4.72. The Hall–Kier alpha value is -2.69. The van der Waals surface area contributed by atoms with Gasteiger partial charge in [-0.25, -0.2) is 4.79 Å². The van der Waals surface area contributed by atoms with Crippen molar-refractivity contribution in [2.45, 2.75) is 57.5 Å². The Balaban J connectivity index is 1.93. The average molecular weight is 370 g/mol. The molecule has 0 radical (unpaired) electrons. The molecule has 3 rings (SSSR count). The molecular formula is C22H26O5. The van der Waals surface area contributed by atoms with Gasteiger partial charge in [-0.05, 0) is 43.0 Å². The highest BCUT2D eigenvalue weighted by atomic mass is 16.5. The quantitative estimate of drug-likeness (QED) is 0.737. The zero-order valence-electron chi connectivity index (χ0n) is 15.8. The second-order valence-electron chi connectivity index (χ2n) is 7.11. The lowest BCUT2D eigenvalue weighted by atomic mass is 9.86. The molecule has 0 aliphatic carbocycles. The van der Waals surface area contributed by atoms with E-state index in [-0.39, 0.29) is 23.0 Å². The third-order valence-electron chi connectivity index (χ3n) is 5.21. The van der Waals surface area contributed by atoms with Crippen LogP contribution in [0.25, 0.3) is 0 Å². The minimum absolute atomic E-state index is 0.0491. The summed E-state index contributed by atoms with van der Waals surface area (Å²) in [5.41, 5.74) is -0.142. The third-order valence-corrected chi connectivity index (χ3v) is 5.21. The van der Waals surface area contributed by atoms with Crippen LogP contribution >= 0.6 is 0 Å². The number of benzene rings is 1. The SMILES string of the molecule is CCCC1(c2c(O)cc(C(CC)Cc3ccc(O)cc3)oc2=O)CC=CO1. The molecule has 144 valence electrons. The van der Waals surface area contributed by atoms with Crippen LogP contribution in [0.2, 0.25) is 0 Å². The Kier molecular flexibility index (Phi) is 5.59. The van der Waals surface area contributed by atoms with E-state index in [1.54, 1.807) is 24.5 Å². The van der Waals surface area contributed by atoms with Gasteiger partial charge in [-0.15, -0.1) is 0 Å². The van der Waals surface area contributed by atoms with Gasteiger partial charge in [0.1, 0.15) is 28.4 Å². The van der Waals surface area contributed by atoms with E-state index in [0.717, 1.165) is 18.4 Å². The van der Waals surface area contributed by atoms with Gasteiger partial charge in [-0.1, -0.05) is 32.4 Å². The fourth-order valence-electron chi connectivity index (χ4n) is 3.80. The minimum Gasteiger partial charge on any atom is -0.508 e. The summed E-state index contributed by atoms with van der Waals surface area (Å²) in [6.07, 6.45) is 6.84. The maximum Gasteiger partial charge on any atom is 0.347 e. The van der Waals surface area contributed by atoms with Crippen LogP contribution in [0.5, 0.6) is 11.5 Å². The molecule has 2 aromatic rings. The second-order valence-corrected chi connectivity index (χ2v) is 7.11. The first-order valence-corrected chi connectivity index (χ1v) is 9.47. The Morgan fingerprint density at radius 1 is 1.19 bits per heavy atom. The molecule has 5 nitrogen and oxygen atoms in total. The van der Waals surface area contributed by atoms with Crippen LogP contribution in [-0.4, -0.2) is 10.2 Å². The molecule has 0 bridgehead atoms. The maximum absolute atomic E-state index is 12.8. The van der Waals surface area contributed by atoms with Gasteiger partial charge in [0, 0.05) is 18.4 Å². The van der Waals surface area contributed by atoms with E-state index in [1.807, 2.05) is 32.1 Å². The minimum atomic E-state index is -0.837. The summed E-state index contributed by atoms with van der Waals surface area (Å²) in [6, 6.07) is 8.52. The normalized spacial score (nSPS) is 19.8. The lowest BCUT2D eigenvalue weighted by Crippen LogP contribution is -2.31. The first kappa shape index (κ1) is 19.1. The van der Waals surface area contributed by atoms with E-state index in [4.69, 9.17) is 9.15 Å². The number of hydrogen-bond acceptors (Lipinski definition) is 5. The van der Waals surface area contributed by atoms with Gasteiger partial charge >= 0.3 is 5.63 Å². The number of aromatic hydroxyl groups is 2. The molecule has 2 N–H and O–H groups in total. The van der Waals surface area contributed by atoms with Crippen molar-refractivity contribution >= 4 is 0 Å². The summed E-state index contributed by atoms with van der Waals surface area (Å²) < 4.78 is 11.4.